The fraction of sp³-hybridized carbons (Fsp3) is 0.286. The number of aromatic nitrogens is 2. The summed E-state index contributed by atoms with van der Waals surface area (Å²) in [6, 6.07) is 1.76. The zero-order valence-corrected chi connectivity index (χ0v) is 6.60. The van der Waals surface area contributed by atoms with Crippen LogP contribution in [0, 0.1) is 0 Å². The molecular weight excluding hydrogens is 140 g/mol. The van der Waals surface area contributed by atoms with Gasteiger partial charge in [0.05, 0.1) is 6.34 Å². The lowest BCUT2D eigenvalue weighted by atomic mass is 10.7. The summed E-state index contributed by atoms with van der Waals surface area (Å²) >= 11 is 0. The van der Waals surface area contributed by atoms with Crippen molar-refractivity contribution in [2.24, 2.45) is 4.99 Å². The topological polar surface area (TPSA) is 41.4 Å². The summed E-state index contributed by atoms with van der Waals surface area (Å²) in [6.07, 6.45) is 4.99. The minimum atomic E-state index is 0.487. The van der Waals surface area contributed by atoms with E-state index in [0.717, 1.165) is 0 Å². The van der Waals surface area contributed by atoms with Gasteiger partial charge in [0.25, 0.3) is 5.95 Å². The molecule has 0 aliphatic carbocycles. The van der Waals surface area contributed by atoms with Crippen molar-refractivity contribution in [2.45, 2.75) is 0 Å². The Hall–Kier alpha value is -1.45. The first-order valence-corrected chi connectivity index (χ1v) is 3.26. The summed E-state index contributed by atoms with van der Waals surface area (Å²) in [5, 5.41) is 0. The van der Waals surface area contributed by atoms with Crippen LogP contribution in [0.15, 0.2) is 23.5 Å². The Balaban J connectivity index is 2.65. The molecule has 0 unspecified atom stereocenters. The number of hydrogen-bond acceptors (Lipinski definition) is 3. The van der Waals surface area contributed by atoms with E-state index in [2.05, 4.69) is 15.0 Å². The Labute approximate surface area is 65.6 Å². The molecule has 0 saturated heterocycles. The smallest absolute Gasteiger partial charge is 0.250 e. The first kappa shape index (κ1) is 7.65. The number of aliphatic imine (C=N–C) groups is 1. The Morgan fingerprint density at radius 1 is 1.36 bits per heavy atom. The summed E-state index contributed by atoms with van der Waals surface area (Å²) in [6.45, 7) is 0. The van der Waals surface area contributed by atoms with E-state index in [4.69, 9.17) is 0 Å². The van der Waals surface area contributed by atoms with Gasteiger partial charge < -0.3 is 4.90 Å². The quantitative estimate of drug-likeness (QED) is 0.460. The Morgan fingerprint density at radius 2 is 2.00 bits per heavy atom. The zero-order valence-electron chi connectivity index (χ0n) is 6.60. The molecule has 4 heteroatoms. The minimum Gasteiger partial charge on any atom is -0.369 e. The van der Waals surface area contributed by atoms with Crippen LogP contribution in [-0.4, -0.2) is 35.3 Å². The van der Waals surface area contributed by atoms with Gasteiger partial charge in [-0.05, 0) is 6.07 Å². The van der Waals surface area contributed by atoms with Gasteiger partial charge in [0.2, 0.25) is 0 Å². The van der Waals surface area contributed by atoms with Gasteiger partial charge in [0, 0.05) is 26.5 Å². The van der Waals surface area contributed by atoms with Crippen molar-refractivity contribution in [1.82, 2.24) is 14.9 Å². The molecular formula is C7H10N4. The van der Waals surface area contributed by atoms with Crippen LogP contribution in [0.4, 0.5) is 5.95 Å². The number of rotatable bonds is 2. The molecule has 0 saturated carbocycles. The molecule has 0 fully saturated rings. The predicted octanol–water partition coefficient (Wildman–Crippen LogP) is 0.698. The summed E-state index contributed by atoms with van der Waals surface area (Å²) in [5.41, 5.74) is 0. The van der Waals surface area contributed by atoms with E-state index in [1.165, 1.54) is 0 Å². The first-order valence-electron chi connectivity index (χ1n) is 3.26. The fourth-order valence-electron chi connectivity index (χ4n) is 0.525. The van der Waals surface area contributed by atoms with Crippen molar-refractivity contribution in [1.29, 1.82) is 0 Å². The molecule has 1 rings (SSSR count). The van der Waals surface area contributed by atoms with Crippen LogP contribution in [-0.2, 0) is 0 Å². The Morgan fingerprint density at radius 3 is 2.55 bits per heavy atom. The van der Waals surface area contributed by atoms with Crippen LogP contribution in [0.5, 0.6) is 0 Å². The second kappa shape index (κ2) is 3.65. The van der Waals surface area contributed by atoms with Crippen LogP contribution in [0.1, 0.15) is 0 Å². The van der Waals surface area contributed by atoms with Crippen LogP contribution in [0.2, 0.25) is 0 Å². The highest BCUT2D eigenvalue weighted by Crippen LogP contribution is 1.97. The van der Waals surface area contributed by atoms with Gasteiger partial charge >= 0.3 is 0 Å². The molecule has 0 amide bonds. The molecule has 0 aromatic carbocycles. The van der Waals surface area contributed by atoms with Gasteiger partial charge in [-0.25, -0.2) is 15.0 Å². The van der Waals surface area contributed by atoms with Crippen LogP contribution in [0.3, 0.4) is 0 Å². The molecule has 0 atom stereocenters. The largest absolute Gasteiger partial charge is 0.369 e. The lowest BCUT2D eigenvalue weighted by Crippen LogP contribution is -2.07. The van der Waals surface area contributed by atoms with E-state index in [0.29, 0.717) is 5.95 Å². The minimum absolute atomic E-state index is 0.487. The van der Waals surface area contributed by atoms with E-state index < -0.39 is 0 Å². The third-order valence-electron chi connectivity index (χ3n) is 0.956. The molecule has 0 spiro atoms. The van der Waals surface area contributed by atoms with Crippen molar-refractivity contribution < 1.29 is 0 Å². The average Bonchev–Trinajstić information content (AvgIpc) is 2.03. The van der Waals surface area contributed by atoms with E-state index in [1.807, 2.05) is 19.0 Å². The molecule has 1 aromatic heterocycles. The molecule has 58 valence electrons. The highest BCUT2D eigenvalue weighted by atomic mass is 15.1. The maximum Gasteiger partial charge on any atom is 0.250 e. The van der Waals surface area contributed by atoms with Crippen molar-refractivity contribution in [3.63, 3.8) is 0 Å². The van der Waals surface area contributed by atoms with Gasteiger partial charge in [-0.2, -0.15) is 0 Å². The fourth-order valence-corrected chi connectivity index (χ4v) is 0.525. The normalized spacial score (nSPS) is 10.4. The first-order chi connectivity index (χ1) is 5.29. The third-order valence-corrected chi connectivity index (χ3v) is 0.956. The number of nitrogens with zero attached hydrogens (tertiary/aromatic N) is 4. The molecule has 11 heavy (non-hydrogen) atoms. The lowest BCUT2D eigenvalue weighted by molar-refractivity contribution is 0.642. The van der Waals surface area contributed by atoms with Crippen molar-refractivity contribution in [3.05, 3.63) is 18.5 Å². The maximum atomic E-state index is 3.98. The van der Waals surface area contributed by atoms with E-state index in [9.17, 15) is 0 Å². The maximum absolute atomic E-state index is 3.98. The molecule has 0 aliphatic rings. The highest BCUT2D eigenvalue weighted by Gasteiger charge is 1.85. The molecule has 0 N–H and O–H groups in total. The molecule has 0 radical (unpaired) electrons. The molecule has 4 nitrogen and oxygen atoms in total. The Bertz CT molecular complexity index is 229. The summed E-state index contributed by atoms with van der Waals surface area (Å²) in [7, 11) is 3.79. The lowest BCUT2D eigenvalue weighted by Gasteiger charge is -2.00. The van der Waals surface area contributed by atoms with Crippen molar-refractivity contribution in [3.8, 4) is 0 Å². The van der Waals surface area contributed by atoms with Gasteiger partial charge in [-0.1, -0.05) is 0 Å². The molecule has 0 aliphatic heterocycles. The van der Waals surface area contributed by atoms with Crippen molar-refractivity contribution >= 4 is 12.3 Å². The van der Waals surface area contributed by atoms with Gasteiger partial charge in [0.1, 0.15) is 0 Å². The summed E-state index contributed by atoms with van der Waals surface area (Å²) in [5.74, 6) is 0.487. The molecule has 1 aromatic rings. The second-order valence-corrected chi connectivity index (χ2v) is 2.26. The van der Waals surface area contributed by atoms with Gasteiger partial charge in [-0.3, -0.25) is 0 Å². The highest BCUT2D eigenvalue weighted by molar-refractivity contribution is 5.57. The molecule has 0 bridgehead atoms. The average molecular weight is 150 g/mol. The van der Waals surface area contributed by atoms with Gasteiger partial charge in [-0.15, -0.1) is 0 Å². The van der Waals surface area contributed by atoms with E-state index >= 15 is 0 Å². The monoisotopic (exact) mass is 150 g/mol. The molecule has 1 heterocycles. The van der Waals surface area contributed by atoms with Crippen LogP contribution in [0.25, 0.3) is 0 Å². The van der Waals surface area contributed by atoms with E-state index in [1.54, 1.807) is 24.8 Å². The zero-order chi connectivity index (χ0) is 8.10. The summed E-state index contributed by atoms with van der Waals surface area (Å²) < 4.78 is 0. The van der Waals surface area contributed by atoms with E-state index in [-0.39, 0.29) is 0 Å². The predicted molar refractivity (Wildman–Crippen MR) is 43.9 cm³/mol. The Kier molecular flexibility index (Phi) is 2.54. The standard InChI is InChI=1S/C7H10N4/c1-11(2)6-10-7-8-4-3-5-9-7/h3-6H,1-2H3/b10-6+. The van der Waals surface area contributed by atoms with Crippen molar-refractivity contribution in [2.75, 3.05) is 14.1 Å². The summed E-state index contributed by atoms with van der Waals surface area (Å²) in [4.78, 5) is 13.6. The van der Waals surface area contributed by atoms with Gasteiger partial charge in [0.15, 0.2) is 0 Å². The third kappa shape index (κ3) is 2.75. The van der Waals surface area contributed by atoms with Crippen LogP contribution < -0.4 is 0 Å². The number of hydrogen-bond donors (Lipinski definition) is 0. The second-order valence-electron chi connectivity index (χ2n) is 2.26. The van der Waals surface area contributed by atoms with Crippen LogP contribution >= 0.6 is 0 Å². The SMILES string of the molecule is CN(C)/C=N/c1ncccn1.